The third-order valence-corrected chi connectivity index (χ3v) is 6.71. The zero-order valence-electron chi connectivity index (χ0n) is 16.7. The Balaban J connectivity index is 1.64. The van der Waals surface area contributed by atoms with E-state index in [0.717, 1.165) is 42.0 Å². The van der Waals surface area contributed by atoms with Gasteiger partial charge in [-0.15, -0.1) is 11.3 Å². The van der Waals surface area contributed by atoms with Crippen LogP contribution in [-0.4, -0.2) is 19.7 Å². The van der Waals surface area contributed by atoms with E-state index in [0.29, 0.717) is 0 Å². The van der Waals surface area contributed by atoms with Gasteiger partial charge in [-0.05, 0) is 72.7 Å². The molecule has 5 heteroatoms. The first-order valence-electron chi connectivity index (χ1n) is 10.2. The number of nitrogens with zero attached hydrogens (tertiary/aromatic N) is 4. The fourth-order valence-corrected chi connectivity index (χ4v) is 5.15. The molecule has 0 spiro atoms. The summed E-state index contributed by atoms with van der Waals surface area (Å²) in [7, 11) is 0. The van der Waals surface area contributed by atoms with Gasteiger partial charge in [-0.1, -0.05) is 18.2 Å². The maximum absolute atomic E-state index is 4.99. The maximum Gasteiger partial charge on any atom is 0.119 e. The van der Waals surface area contributed by atoms with Gasteiger partial charge in [0.2, 0.25) is 0 Å². The minimum Gasteiger partial charge on any atom is -0.268 e. The van der Waals surface area contributed by atoms with Crippen LogP contribution < -0.4 is 0 Å². The van der Waals surface area contributed by atoms with E-state index in [9.17, 15) is 0 Å². The van der Waals surface area contributed by atoms with Crippen molar-refractivity contribution >= 4 is 22.2 Å². The summed E-state index contributed by atoms with van der Waals surface area (Å²) in [5, 5.41) is 8.28. The summed E-state index contributed by atoms with van der Waals surface area (Å²) in [5.74, 6) is 0. The van der Waals surface area contributed by atoms with Crippen LogP contribution in [0.25, 0.3) is 43.9 Å². The maximum atomic E-state index is 4.99. The summed E-state index contributed by atoms with van der Waals surface area (Å²) in [6, 6.07) is 19.1. The van der Waals surface area contributed by atoms with Crippen LogP contribution in [0.15, 0.2) is 66.2 Å². The van der Waals surface area contributed by atoms with Gasteiger partial charge in [0, 0.05) is 40.0 Å². The summed E-state index contributed by atoms with van der Waals surface area (Å²) < 4.78 is 2.17. The molecule has 0 aliphatic carbocycles. The van der Waals surface area contributed by atoms with E-state index in [4.69, 9.17) is 10.1 Å². The molecule has 4 nitrogen and oxygen atoms in total. The number of rotatable bonds is 3. The second-order valence-corrected chi connectivity index (χ2v) is 8.68. The number of aryl methyl sites for hydroxylation is 2. The highest BCUT2D eigenvalue weighted by atomic mass is 32.1. The van der Waals surface area contributed by atoms with Crippen molar-refractivity contribution in [2.45, 2.75) is 26.3 Å². The van der Waals surface area contributed by atoms with E-state index in [1.807, 2.05) is 19.2 Å². The van der Waals surface area contributed by atoms with Crippen molar-refractivity contribution in [3.05, 3.63) is 77.6 Å². The fraction of sp³-hybridized carbons (Fsp3) is 0.160. The van der Waals surface area contributed by atoms with E-state index in [2.05, 4.69) is 63.6 Å². The van der Waals surface area contributed by atoms with Gasteiger partial charge < -0.3 is 0 Å². The van der Waals surface area contributed by atoms with Gasteiger partial charge in [0.05, 0.1) is 11.2 Å². The molecule has 0 radical (unpaired) electrons. The summed E-state index contributed by atoms with van der Waals surface area (Å²) >= 11 is 1.76. The standard InChI is InChI=1S/C25H20N4S/c1-16-5-2-6-21(27-16)25-24(22-7-3-13-29(22)28-25)18-11-12-26-20-10-9-17(15-19(18)20)23-8-4-14-30-23/h2,4-6,8-12,14-15H,3,7,13H2,1H3. The Hall–Kier alpha value is -3.31. The summed E-state index contributed by atoms with van der Waals surface area (Å²) in [6.07, 6.45) is 4.10. The smallest absolute Gasteiger partial charge is 0.119 e. The Morgan fingerprint density at radius 3 is 2.87 bits per heavy atom. The molecular weight excluding hydrogens is 388 g/mol. The number of hydrogen-bond donors (Lipinski definition) is 0. The lowest BCUT2D eigenvalue weighted by Gasteiger charge is -2.10. The highest BCUT2D eigenvalue weighted by molar-refractivity contribution is 7.13. The molecule has 6 rings (SSSR count). The molecule has 0 unspecified atom stereocenters. The van der Waals surface area contributed by atoms with E-state index in [1.54, 1.807) is 11.3 Å². The average molecular weight is 409 g/mol. The van der Waals surface area contributed by atoms with Crippen molar-refractivity contribution in [1.82, 2.24) is 19.7 Å². The van der Waals surface area contributed by atoms with Crippen LogP contribution in [-0.2, 0) is 13.0 Å². The second kappa shape index (κ2) is 6.89. The first-order valence-corrected chi connectivity index (χ1v) is 11.1. The second-order valence-electron chi connectivity index (χ2n) is 7.73. The van der Waals surface area contributed by atoms with Crippen LogP contribution >= 0.6 is 11.3 Å². The number of hydrogen-bond acceptors (Lipinski definition) is 4. The van der Waals surface area contributed by atoms with E-state index in [-0.39, 0.29) is 0 Å². The quantitative estimate of drug-likeness (QED) is 0.360. The number of pyridine rings is 2. The lowest BCUT2D eigenvalue weighted by Crippen LogP contribution is -1.95. The number of benzene rings is 1. The fourth-order valence-electron chi connectivity index (χ4n) is 4.43. The molecule has 0 saturated heterocycles. The van der Waals surface area contributed by atoms with Crippen LogP contribution in [0.3, 0.4) is 0 Å². The summed E-state index contributed by atoms with van der Waals surface area (Å²) in [6.45, 7) is 3.00. The van der Waals surface area contributed by atoms with Gasteiger partial charge in [-0.25, -0.2) is 0 Å². The summed E-state index contributed by atoms with van der Waals surface area (Å²) in [5.41, 5.74) is 8.86. The normalized spacial score (nSPS) is 13.1. The molecule has 5 heterocycles. The van der Waals surface area contributed by atoms with E-state index >= 15 is 0 Å². The lowest BCUT2D eigenvalue weighted by atomic mass is 9.95. The van der Waals surface area contributed by atoms with E-state index in [1.165, 1.54) is 32.6 Å². The van der Waals surface area contributed by atoms with Gasteiger partial charge in [0.25, 0.3) is 0 Å². The van der Waals surface area contributed by atoms with Gasteiger partial charge in [-0.2, -0.15) is 5.10 Å². The van der Waals surface area contributed by atoms with Gasteiger partial charge >= 0.3 is 0 Å². The minimum absolute atomic E-state index is 0.936. The molecule has 0 fully saturated rings. The SMILES string of the molecule is Cc1cccc(-c2nn3c(c2-c2ccnc4ccc(-c5cccs5)cc24)CCC3)n1. The van der Waals surface area contributed by atoms with Crippen LogP contribution in [0.5, 0.6) is 0 Å². The zero-order chi connectivity index (χ0) is 20.1. The molecule has 0 amide bonds. The van der Waals surface area contributed by atoms with Gasteiger partial charge in [-0.3, -0.25) is 14.6 Å². The Bertz CT molecular complexity index is 1380. The van der Waals surface area contributed by atoms with Crippen molar-refractivity contribution in [2.24, 2.45) is 0 Å². The Morgan fingerprint density at radius 2 is 2.00 bits per heavy atom. The Labute approximate surface area is 178 Å². The monoisotopic (exact) mass is 408 g/mol. The molecule has 0 N–H and O–H groups in total. The molecule has 5 aromatic rings. The highest BCUT2D eigenvalue weighted by Gasteiger charge is 2.25. The molecule has 0 bridgehead atoms. The predicted octanol–water partition coefficient (Wildman–Crippen LogP) is 6.14. The van der Waals surface area contributed by atoms with Crippen molar-refractivity contribution in [3.8, 4) is 33.0 Å². The molecule has 4 aromatic heterocycles. The molecule has 30 heavy (non-hydrogen) atoms. The number of aromatic nitrogens is 4. The number of thiophene rings is 1. The molecular formula is C25H20N4S. The molecule has 1 aromatic carbocycles. The lowest BCUT2D eigenvalue weighted by molar-refractivity contribution is 0.658. The molecule has 1 aliphatic heterocycles. The largest absolute Gasteiger partial charge is 0.268 e. The van der Waals surface area contributed by atoms with Crippen LogP contribution in [0.2, 0.25) is 0 Å². The minimum atomic E-state index is 0.936. The molecule has 0 saturated carbocycles. The van der Waals surface area contributed by atoms with Crippen LogP contribution in [0.4, 0.5) is 0 Å². The van der Waals surface area contributed by atoms with Crippen molar-refractivity contribution in [2.75, 3.05) is 0 Å². The topological polar surface area (TPSA) is 43.6 Å². The Kier molecular flexibility index (Phi) is 4.03. The van der Waals surface area contributed by atoms with Gasteiger partial charge in [0.1, 0.15) is 5.69 Å². The van der Waals surface area contributed by atoms with E-state index < -0.39 is 0 Å². The molecule has 0 atom stereocenters. The van der Waals surface area contributed by atoms with Crippen LogP contribution in [0.1, 0.15) is 17.8 Å². The first-order chi connectivity index (χ1) is 14.8. The van der Waals surface area contributed by atoms with Crippen LogP contribution in [0, 0.1) is 6.92 Å². The highest BCUT2D eigenvalue weighted by Crippen LogP contribution is 2.40. The average Bonchev–Trinajstić information content (AvgIpc) is 3.50. The van der Waals surface area contributed by atoms with Gasteiger partial charge in [0.15, 0.2) is 0 Å². The predicted molar refractivity (Wildman–Crippen MR) is 123 cm³/mol. The van der Waals surface area contributed by atoms with Crippen molar-refractivity contribution < 1.29 is 0 Å². The van der Waals surface area contributed by atoms with Crippen molar-refractivity contribution in [3.63, 3.8) is 0 Å². The van der Waals surface area contributed by atoms with Crippen molar-refractivity contribution in [1.29, 1.82) is 0 Å². The summed E-state index contributed by atoms with van der Waals surface area (Å²) in [4.78, 5) is 10.7. The molecule has 1 aliphatic rings. The first kappa shape index (κ1) is 17.5. The number of fused-ring (bicyclic) bond motifs is 2. The molecule has 146 valence electrons. The third-order valence-electron chi connectivity index (χ3n) is 5.79. The zero-order valence-corrected chi connectivity index (χ0v) is 17.5. The Morgan fingerprint density at radius 1 is 1.03 bits per heavy atom. The third kappa shape index (κ3) is 2.77.